The molecule has 4 rings (SSSR count). The molecule has 0 radical (unpaired) electrons. The minimum atomic E-state index is -0.138. The summed E-state index contributed by atoms with van der Waals surface area (Å²) < 4.78 is 0. The molecule has 0 aliphatic carbocycles. The van der Waals surface area contributed by atoms with Gasteiger partial charge in [-0.2, -0.15) is 0 Å². The Bertz CT molecular complexity index is 1180. The lowest BCUT2D eigenvalue weighted by molar-refractivity contribution is -0.117. The maximum absolute atomic E-state index is 12.5. The maximum Gasteiger partial charge on any atom is 0.251 e. The van der Waals surface area contributed by atoms with E-state index in [9.17, 15) is 9.59 Å². The lowest BCUT2D eigenvalue weighted by atomic mass is 9.88. The lowest BCUT2D eigenvalue weighted by Gasteiger charge is -2.39. The molecule has 1 aliphatic heterocycles. The van der Waals surface area contributed by atoms with E-state index in [4.69, 9.17) is 17.3 Å². The molecule has 2 amide bonds. The van der Waals surface area contributed by atoms with Crippen molar-refractivity contribution >= 4 is 47.2 Å². The van der Waals surface area contributed by atoms with Crippen LogP contribution in [0.3, 0.4) is 0 Å². The minimum Gasteiger partial charge on any atom is -0.378 e. The molecule has 2 atom stereocenters. The fourth-order valence-electron chi connectivity index (χ4n) is 4.51. The molecule has 0 unspecified atom stereocenters. The average Bonchev–Trinajstić information content (AvgIpc) is 2.83. The van der Waals surface area contributed by atoms with Crippen LogP contribution < -0.4 is 21.3 Å². The number of hydrogen-bond donors (Lipinski definition) is 3. The van der Waals surface area contributed by atoms with Crippen LogP contribution in [0, 0.1) is 0 Å². The van der Waals surface area contributed by atoms with Gasteiger partial charge in [0.1, 0.15) is 0 Å². The highest BCUT2D eigenvalue weighted by Crippen LogP contribution is 2.41. The van der Waals surface area contributed by atoms with E-state index in [0.29, 0.717) is 23.7 Å². The molecule has 184 valence electrons. The van der Waals surface area contributed by atoms with E-state index in [0.717, 1.165) is 34.5 Å². The highest BCUT2D eigenvalue weighted by atomic mass is 35.5. The second kappa shape index (κ2) is 11.6. The Labute approximate surface area is 217 Å². The molecule has 3 aromatic rings. The zero-order valence-corrected chi connectivity index (χ0v) is 21.3. The summed E-state index contributed by atoms with van der Waals surface area (Å²) in [5.74, 6) is -0.111. The Morgan fingerprint density at radius 3 is 2.31 bits per heavy atom. The van der Waals surface area contributed by atoms with Crippen molar-refractivity contribution in [2.24, 2.45) is 5.73 Å². The predicted molar refractivity (Wildman–Crippen MR) is 146 cm³/mol. The van der Waals surface area contributed by atoms with Crippen LogP contribution in [0.15, 0.2) is 66.7 Å². The fraction of sp³-hybridized carbons (Fsp3) is 0.259. The summed E-state index contributed by atoms with van der Waals surface area (Å²) in [6.45, 7) is 4.53. The first-order valence-corrected chi connectivity index (χ1v) is 11.8. The van der Waals surface area contributed by atoms with Crippen LogP contribution >= 0.6 is 24.0 Å². The number of fused-ring (bicyclic) bond motifs is 1. The van der Waals surface area contributed by atoms with E-state index in [2.05, 4.69) is 23.6 Å². The van der Waals surface area contributed by atoms with Crippen molar-refractivity contribution in [2.45, 2.75) is 32.4 Å². The molecule has 0 saturated heterocycles. The Morgan fingerprint density at radius 2 is 1.69 bits per heavy atom. The van der Waals surface area contributed by atoms with Crippen LogP contribution in [0.5, 0.6) is 0 Å². The van der Waals surface area contributed by atoms with Gasteiger partial charge in [0.05, 0.1) is 6.04 Å². The third kappa shape index (κ3) is 5.96. The summed E-state index contributed by atoms with van der Waals surface area (Å²) in [6, 6.07) is 21.4. The van der Waals surface area contributed by atoms with Gasteiger partial charge in [0.25, 0.3) is 5.91 Å². The van der Waals surface area contributed by atoms with Gasteiger partial charge in [-0.25, -0.2) is 0 Å². The molecule has 6 nitrogen and oxygen atoms in total. The van der Waals surface area contributed by atoms with E-state index in [-0.39, 0.29) is 36.3 Å². The van der Waals surface area contributed by atoms with Gasteiger partial charge in [0.15, 0.2) is 0 Å². The van der Waals surface area contributed by atoms with Crippen LogP contribution in [0.25, 0.3) is 11.1 Å². The van der Waals surface area contributed by atoms with E-state index in [1.165, 1.54) is 0 Å². The van der Waals surface area contributed by atoms with Crippen LogP contribution in [0.1, 0.15) is 42.2 Å². The smallest absolute Gasteiger partial charge is 0.251 e. The topological polar surface area (TPSA) is 87.5 Å². The number of rotatable bonds is 6. The molecule has 0 fully saturated rings. The molecular weight excluding hydrogens is 483 g/mol. The number of amides is 2. The highest BCUT2D eigenvalue weighted by molar-refractivity contribution is 6.30. The zero-order valence-electron chi connectivity index (χ0n) is 19.8. The van der Waals surface area contributed by atoms with Gasteiger partial charge >= 0.3 is 0 Å². The van der Waals surface area contributed by atoms with Crippen molar-refractivity contribution in [3.8, 4) is 11.1 Å². The third-order valence-corrected chi connectivity index (χ3v) is 6.37. The van der Waals surface area contributed by atoms with Gasteiger partial charge < -0.3 is 21.3 Å². The van der Waals surface area contributed by atoms with Crippen LogP contribution in [-0.4, -0.2) is 30.9 Å². The van der Waals surface area contributed by atoms with Crippen molar-refractivity contribution in [3.63, 3.8) is 0 Å². The van der Waals surface area contributed by atoms with Gasteiger partial charge in [-0.3, -0.25) is 9.59 Å². The number of hydrogen-bond acceptors (Lipinski definition) is 4. The number of nitrogens with two attached hydrogens (primary N) is 1. The minimum absolute atomic E-state index is 0. The van der Waals surface area contributed by atoms with Crippen molar-refractivity contribution in [3.05, 3.63) is 82.9 Å². The molecule has 0 saturated carbocycles. The molecule has 3 aromatic carbocycles. The fourth-order valence-corrected chi connectivity index (χ4v) is 4.64. The predicted octanol–water partition coefficient (Wildman–Crippen LogP) is 5.42. The lowest BCUT2D eigenvalue weighted by Crippen LogP contribution is -2.43. The quantitative estimate of drug-likeness (QED) is 0.411. The van der Waals surface area contributed by atoms with Gasteiger partial charge in [-0.05, 0) is 78.6 Å². The van der Waals surface area contributed by atoms with Crippen LogP contribution in [-0.2, 0) is 4.79 Å². The van der Waals surface area contributed by atoms with Gasteiger partial charge in [-0.1, -0.05) is 29.8 Å². The molecule has 0 aromatic heterocycles. The van der Waals surface area contributed by atoms with Crippen molar-refractivity contribution < 1.29 is 9.59 Å². The van der Waals surface area contributed by atoms with Gasteiger partial charge in [0, 0.05) is 48.0 Å². The molecule has 1 aliphatic rings. The van der Waals surface area contributed by atoms with Crippen LogP contribution in [0.4, 0.5) is 11.4 Å². The first-order valence-electron chi connectivity index (χ1n) is 11.4. The molecule has 1 heterocycles. The normalized spacial score (nSPS) is 16.6. The van der Waals surface area contributed by atoms with Crippen molar-refractivity contribution in [1.82, 2.24) is 5.32 Å². The monoisotopic (exact) mass is 512 g/mol. The molecule has 0 spiro atoms. The highest BCUT2D eigenvalue weighted by Gasteiger charge is 2.32. The molecule has 4 N–H and O–H groups in total. The number of benzene rings is 3. The third-order valence-electron chi connectivity index (χ3n) is 6.11. The molecular formula is C27H30Cl2N4O2. The SMILES string of the molecule is CC(=O)N1c2ccc(-c3ccc(C(=O)NCCN)cc3)cc2[C@H](Nc2ccc(Cl)cc2)C[C@@H]1C.Cl. The number of halogens is 2. The van der Waals surface area contributed by atoms with Crippen LogP contribution in [0.2, 0.25) is 5.02 Å². The summed E-state index contributed by atoms with van der Waals surface area (Å²) in [7, 11) is 0. The number of carbonyl (C=O) groups excluding carboxylic acids is 2. The van der Waals surface area contributed by atoms with Gasteiger partial charge in [-0.15, -0.1) is 12.4 Å². The Morgan fingerprint density at radius 1 is 1.03 bits per heavy atom. The Balaban J connectivity index is 0.00000342. The number of anilines is 2. The zero-order chi connectivity index (χ0) is 24.2. The number of nitrogens with zero attached hydrogens (tertiary/aromatic N) is 1. The average molecular weight is 513 g/mol. The van der Waals surface area contributed by atoms with E-state index in [1.807, 2.05) is 65.6 Å². The molecule has 35 heavy (non-hydrogen) atoms. The number of carbonyl (C=O) groups is 2. The van der Waals surface area contributed by atoms with Crippen molar-refractivity contribution in [1.29, 1.82) is 0 Å². The standard InChI is InChI=1S/C27H29ClN4O2.ClH/c1-17-15-25(31-23-10-8-22(28)9-11-23)24-16-21(7-12-26(24)32(17)18(2)33)19-3-5-20(6-4-19)27(34)30-14-13-29;/h3-12,16-17,25,31H,13-15,29H2,1-2H3,(H,30,34);1H/t17-,25+;/m0./s1. The summed E-state index contributed by atoms with van der Waals surface area (Å²) in [5.41, 5.74) is 11.0. The van der Waals surface area contributed by atoms with Crippen molar-refractivity contribution in [2.75, 3.05) is 23.3 Å². The largest absolute Gasteiger partial charge is 0.378 e. The molecule has 0 bridgehead atoms. The van der Waals surface area contributed by atoms with E-state index in [1.54, 1.807) is 6.92 Å². The van der Waals surface area contributed by atoms with Gasteiger partial charge in [0.2, 0.25) is 5.91 Å². The molecule has 8 heteroatoms. The number of nitrogens with one attached hydrogen (secondary N) is 2. The van der Waals surface area contributed by atoms with E-state index < -0.39 is 0 Å². The Kier molecular flexibility index (Phi) is 8.78. The maximum atomic E-state index is 12.5. The first kappa shape index (κ1) is 26.5. The Hall–Kier alpha value is -3.06. The first-order chi connectivity index (χ1) is 16.4. The van der Waals surface area contributed by atoms with E-state index >= 15 is 0 Å². The summed E-state index contributed by atoms with van der Waals surface area (Å²) in [6.07, 6.45) is 0.777. The second-order valence-corrected chi connectivity index (χ2v) is 9.01. The second-order valence-electron chi connectivity index (χ2n) is 8.57. The summed E-state index contributed by atoms with van der Waals surface area (Å²) in [5, 5.41) is 7.09. The summed E-state index contributed by atoms with van der Waals surface area (Å²) in [4.78, 5) is 26.5. The summed E-state index contributed by atoms with van der Waals surface area (Å²) >= 11 is 6.05.